The van der Waals surface area contributed by atoms with E-state index in [0.29, 0.717) is 5.82 Å². The van der Waals surface area contributed by atoms with Gasteiger partial charge in [0, 0.05) is 51.5 Å². The number of aromatic amines is 2. The molecule has 2 heterocycles. The average molecular weight is 363 g/mol. The van der Waals surface area contributed by atoms with Crippen molar-refractivity contribution in [2.24, 2.45) is 0 Å². The number of amides is 2. The Morgan fingerprint density at radius 3 is 2.15 bits per heavy atom. The monoisotopic (exact) mass is 363 g/mol. The number of aromatic nitrogens is 3. The maximum Gasteiger partial charge on any atom is 0.229 e. The van der Waals surface area contributed by atoms with Crippen molar-refractivity contribution in [3.05, 3.63) is 42.2 Å². The van der Waals surface area contributed by atoms with Crippen molar-refractivity contribution in [3.63, 3.8) is 0 Å². The van der Waals surface area contributed by atoms with Gasteiger partial charge in [-0.05, 0) is 12.1 Å². The molecule has 0 radical (unpaired) electrons. The molecule has 0 saturated heterocycles. The molecular weight excluding hydrogens is 338 g/mol. The number of imidazole rings is 1. The van der Waals surface area contributed by atoms with Gasteiger partial charge in [-0.2, -0.15) is 0 Å². The van der Waals surface area contributed by atoms with Crippen molar-refractivity contribution in [1.82, 2.24) is 24.8 Å². The van der Waals surface area contributed by atoms with Crippen LogP contribution in [0.3, 0.4) is 0 Å². The third-order valence-electron chi connectivity index (χ3n) is 4.10. The van der Waals surface area contributed by atoms with Crippen molar-refractivity contribution < 1.29 is 19.8 Å². The molecule has 2 aromatic heterocycles. The van der Waals surface area contributed by atoms with Crippen LogP contribution in [0.2, 0.25) is 0 Å². The summed E-state index contributed by atoms with van der Waals surface area (Å²) in [6.07, 6.45) is 2.86. The number of aliphatic hydroxyl groups is 2. The molecule has 0 aliphatic heterocycles. The standard InChI is InChI=1S/C17H25N5O4/c1-21(16(25)8-12-4-3-5-18-12)10-13(23)14(24)11-22(2)17(26)9-15-19-6-7-20-15/h3-7,13-14,18,23-24H,8-11H2,1-2H3,(H,19,20). The number of hydrogen-bond donors (Lipinski definition) is 4. The van der Waals surface area contributed by atoms with E-state index in [1.807, 2.05) is 0 Å². The number of rotatable bonds is 9. The molecule has 2 atom stereocenters. The molecular formula is C17H25N5O4. The predicted molar refractivity (Wildman–Crippen MR) is 94.1 cm³/mol. The Hall–Kier alpha value is -2.65. The lowest BCUT2D eigenvalue weighted by molar-refractivity contribution is -0.134. The molecule has 2 aromatic rings. The summed E-state index contributed by atoms with van der Waals surface area (Å²) in [4.78, 5) is 36.7. The minimum Gasteiger partial charge on any atom is -0.389 e. The molecule has 0 saturated carbocycles. The van der Waals surface area contributed by atoms with Crippen LogP contribution in [-0.4, -0.2) is 86.2 Å². The molecule has 0 fully saturated rings. The molecule has 26 heavy (non-hydrogen) atoms. The van der Waals surface area contributed by atoms with Gasteiger partial charge in [0.1, 0.15) is 5.82 Å². The van der Waals surface area contributed by atoms with E-state index in [1.165, 1.54) is 9.80 Å². The van der Waals surface area contributed by atoms with Crippen molar-refractivity contribution in [1.29, 1.82) is 0 Å². The fraction of sp³-hybridized carbons (Fsp3) is 0.471. The number of H-pyrrole nitrogens is 2. The summed E-state index contributed by atoms with van der Waals surface area (Å²) >= 11 is 0. The second-order valence-corrected chi connectivity index (χ2v) is 6.27. The highest BCUT2D eigenvalue weighted by molar-refractivity contribution is 5.78. The molecule has 0 aliphatic carbocycles. The van der Waals surface area contributed by atoms with E-state index >= 15 is 0 Å². The van der Waals surface area contributed by atoms with Gasteiger partial charge in [0.15, 0.2) is 0 Å². The number of carbonyl (C=O) groups excluding carboxylic acids is 2. The number of carbonyl (C=O) groups is 2. The third kappa shape index (κ3) is 5.71. The molecule has 142 valence electrons. The highest BCUT2D eigenvalue weighted by Gasteiger charge is 2.24. The van der Waals surface area contributed by atoms with Crippen LogP contribution >= 0.6 is 0 Å². The van der Waals surface area contributed by atoms with Gasteiger partial charge in [-0.15, -0.1) is 0 Å². The smallest absolute Gasteiger partial charge is 0.229 e. The first-order valence-electron chi connectivity index (χ1n) is 8.31. The predicted octanol–water partition coefficient (Wildman–Crippen LogP) is -0.838. The molecule has 2 unspecified atom stereocenters. The van der Waals surface area contributed by atoms with Gasteiger partial charge < -0.3 is 30.0 Å². The number of aliphatic hydroxyl groups excluding tert-OH is 2. The Balaban J connectivity index is 1.77. The molecule has 0 bridgehead atoms. The van der Waals surface area contributed by atoms with Crippen molar-refractivity contribution in [2.45, 2.75) is 25.0 Å². The van der Waals surface area contributed by atoms with E-state index in [1.54, 1.807) is 44.8 Å². The Morgan fingerprint density at radius 2 is 1.65 bits per heavy atom. The van der Waals surface area contributed by atoms with Crippen LogP contribution in [0.1, 0.15) is 11.5 Å². The first-order chi connectivity index (χ1) is 12.4. The molecule has 4 N–H and O–H groups in total. The Bertz CT molecular complexity index is 626. The summed E-state index contributed by atoms with van der Waals surface area (Å²) in [5, 5.41) is 20.3. The minimum atomic E-state index is -1.17. The summed E-state index contributed by atoms with van der Waals surface area (Å²) < 4.78 is 0. The van der Waals surface area contributed by atoms with Gasteiger partial charge in [0.05, 0.1) is 25.0 Å². The molecule has 2 amide bonds. The van der Waals surface area contributed by atoms with E-state index in [9.17, 15) is 19.8 Å². The Labute approximate surface area is 151 Å². The lowest BCUT2D eigenvalue weighted by atomic mass is 10.1. The van der Waals surface area contributed by atoms with E-state index < -0.39 is 12.2 Å². The van der Waals surface area contributed by atoms with E-state index in [4.69, 9.17) is 0 Å². The number of likely N-dealkylation sites (N-methyl/N-ethyl adjacent to an activating group) is 2. The topological polar surface area (TPSA) is 126 Å². The van der Waals surface area contributed by atoms with Gasteiger partial charge >= 0.3 is 0 Å². The fourth-order valence-electron chi connectivity index (χ4n) is 2.46. The summed E-state index contributed by atoms with van der Waals surface area (Å²) in [6, 6.07) is 3.60. The second-order valence-electron chi connectivity index (χ2n) is 6.27. The zero-order valence-electron chi connectivity index (χ0n) is 14.9. The van der Waals surface area contributed by atoms with Crippen LogP contribution in [0.25, 0.3) is 0 Å². The zero-order chi connectivity index (χ0) is 19.1. The zero-order valence-corrected chi connectivity index (χ0v) is 14.9. The number of nitrogens with one attached hydrogen (secondary N) is 2. The fourth-order valence-corrected chi connectivity index (χ4v) is 2.46. The van der Waals surface area contributed by atoms with Crippen LogP contribution < -0.4 is 0 Å². The Morgan fingerprint density at radius 1 is 1.04 bits per heavy atom. The summed E-state index contributed by atoms with van der Waals surface area (Å²) in [7, 11) is 3.11. The first kappa shape index (κ1) is 19.7. The lowest BCUT2D eigenvalue weighted by Crippen LogP contribution is -2.46. The molecule has 0 aliphatic rings. The van der Waals surface area contributed by atoms with Crippen LogP contribution in [0.5, 0.6) is 0 Å². The first-order valence-corrected chi connectivity index (χ1v) is 8.31. The highest BCUT2D eigenvalue weighted by atomic mass is 16.3. The van der Waals surface area contributed by atoms with Gasteiger partial charge in [-0.25, -0.2) is 4.98 Å². The minimum absolute atomic E-state index is 0.0269. The van der Waals surface area contributed by atoms with E-state index in [2.05, 4.69) is 15.0 Å². The van der Waals surface area contributed by atoms with E-state index in [0.717, 1.165) is 5.69 Å². The van der Waals surface area contributed by atoms with Crippen molar-refractivity contribution >= 4 is 11.8 Å². The summed E-state index contributed by atoms with van der Waals surface area (Å²) in [5.41, 5.74) is 0.778. The quantitative estimate of drug-likeness (QED) is 0.462. The number of hydrogen-bond acceptors (Lipinski definition) is 5. The lowest BCUT2D eigenvalue weighted by Gasteiger charge is -2.27. The van der Waals surface area contributed by atoms with Gasteiger partial charge in [0.2, 0.25) is 11.8 Å². The molecule has 0 spiro atoms. The van der Waals surface area contributed by atoms with Crippen LogP contribution in [0, 0.1) is 0 Å². The van der Waals surface area contributed by atoms with Crippen molar-refractivity contribution in [2.75, 3.05) is 27.2 Å². The van der Waals surface area contributed by atoms with Gasteiger partial charge in [-0.3, -0.25) is 9.59 Å². The third-order valence-corrected chi connectivity index (χ3v) is 4.10. The average Bonchev–Trinajstić information content (AvgIpc) is 3.28. The van der Waals surface area contributed by atoms with Gasteiger partial charge in [-0.1, -0.05) is 0 Å². The van der Waals surface area contributed by atoms with Crippen LogP contribution in [-0.2, 0) is 22.4 Å². The molecule has 2 rings (SSSR count). The second kappa shape index (κ2) is 9.16. The summed E-state index contributed by atoms with van der Waals surface area (Å²) in [6.45, 7) is -0.0692. The molecule has 9 heteroatoms. The maximum absolute atomic E-state index is 12.1. The highest BCUT2D eigenvalue weighted by Crippen LogP contribution is 2.04. The maximum atomic E-state index is 12.1. The van der Waals surface area contributed by atoms with Crippen LogP contribution in [0.4, 0.5) is 0 Å². The normalized spacial score (nSPS) is 13.2. The van der Waals surface area contributed by atoms with Gasteiger partial charge in [0.25, 0.3) is 0 Å². The van der Waals surface area contributed by atoms with Crippen molar-refractivity contribution in [3.8, 4) is 0 Å². The summed E-state index contributed by atoms with van der Waals surface area (Å²) in [5.74, 6) is 0.120. The van der Waals surface area contributed by atoms with E-state index in [-0.39, 0.29) is 37.7 Å². The molecule has 0 aromatic carbocycles. The molecule has 9 nitrogen and oxygen atoms in total. The number of nitrogens with zero attached hydrogens (tertiary/aromatic N) is 3. The van der Waals surface area contributed by atoms with Crippen LogP contribution in [0.15, 0.2) is 30.7 Å². The largest absolute Gasteiger partial charge is 0.389 e. The Kier molecular flexibility index (Phi) is 6.93. The SMILES string of the molecule is CN(CC(O)C(O)CN(C)C(=O)Cc1ncc[nH]1)C(=O)Cc1ccc[nH]1.